The lowest BCUT2D eigenvalue weighted by atomic mass is 10.2. The van der Waals surface area contributed by atoms with E-state index in [1.165, 1.54) is 11.3 Å². The second-order valence-electron chi connectivity index (χ2n) is 4.66. The van der Waals surface area contributed by atoms with Crippen LogP contribution in [0.25, 0.3) is 10.2 Å². The van der Waals surface area contributed by atoms with Crippen LogP contribution in [0.5, 0.6) is 5.75 Å². The Bertz CT molecular complexity index is 832. The quantitative estimate of drug-likeness (QED) is 0.673. The molecule has 0 fully saturated rings. The lowest BCUT2D eigenvalue weighted by Crippen LogP contribution is -2.14. The SMILES string of the molecule is N#Cc1ccc(OCC(=O)OCc2nc3ccccc3s2)cc1. The van der Waals surface area contributed by atoms with Gasteiger partial charge in [-0.05, 0) is 36.4 Å². The third kappa shape index (κ3) is 3.84. The summed E-state index contributed by atoms with van der Waals surface area (Å²) in [5.74, 6) is 0.0505. The highest BCUT2D eigenvalue weighted by atomic mass is 32.1. The molecule has 0 unspecified atom stereocenters. The summed E-state index contributed by atoms with van der Waals surface area (Å²) in [6.07, 6.45) is 0. The van der Waals surface area contributed by atoms with Gasteiger partial charge in [0.05, 0.1) is 21.8 Å². The molecule has 0 spiro atoms. The zero-order valence-corrected chi connectivity index (χ0v) is 12.9. The Morgan fingerprint density at radius 2 is 1.96 bits per heavy atom. The maximum Gasteiger partial charge on any atom is 0.344 e. The topological polar surface area (TPSA) is 72.2 Å². The van der Waals surface area contributed by atoms with Gasteiger partial charge in [0.15, 0.2) is 6.61 Å². The molecule has 23 heavy (non-hydrogen) atoms. The fraction of sp³-hybridized carbons (Fsp3) is 0.118. The van der Waals surface area contributed by atoms with Crippen LogP contribution in [0.1, 0.15) is 10.6 Å². The van der Waals surface area contributed by atoms with Gasteiger partial charge < -0.3 is 9.47 Å². The first-order valence-electron chi connectivity index (χ1n) is 6.87. The minimum absolute atomic E-state index is 0.134. The first-order chi connectivity index (χ1) is 11.2. The molecule has 0 saturated carbocycles. The molecule has 3 aromatic rings. The maximum absolute atomic E-state index is 11.7. The average molecular weight is 324 g/mol. The van der Waals surface area contributed by atoms with E-state index >= 15 is 0 Å². The van der Waals surface area contributed by atoms with Crippen molar-refractivity contribution in [3.8, 4) is 11.8 Å². The van der Waals surface area contributed by atoms with Crippen LogP contribution in [0.2, 0.25) is 0 Å². The van der Waals surface area contributed by atoms with Gasteiger partial charge in [-0.25, -0.2) is 9.78 Å². The number of rotatable bonds is 5. The number of aromatic nitrogens is 1. The predicted octanol–water partition coefficient (Wildman–Crippen LogP) is 3.29. The van der Waals surface area contributed by atoms with Gasteiger partial charge in [-0.3, -0.25) is 0 Å². The molecule has 6 heteroatoms. The van der Waals surface area contributed by atoms with Crippen molar-refractivity contribution in [3.63, 3.8) is 0 Å². The molecule has 0 aliphatic rings. The summed E-state index contributed by atoms with van der Waals surface area (Å²) in [6, 6.07) is 16.3. The summed E-state index contributed by atoms with van der Waals surface area (Å²) in [7, 11) is 0. The van der Waals surface area contributed by atoms with Crippen molar-refractivity contribution in [1.29, 1.82) is 5.26 Å². The van der Waals surface area contributed by atoms with Crippen LogP contribution in [0.3, 0.4) is 0 Å². The molecular formula is C17H12N2O3S. The van der Waals surface area contributed by atoms with Gasteiger partial charge >= 0.3 is 5.97 Å². The van der Waals surface area contributed by atoms with E-state index in [9.17, 15) is 4.79 Å². The molecule has 0 atom stereocenters. The standard InChI is InChI=1S/C17H12N2O3S/c18-9-12-5-7-13(8-6-12)21-11-17(20)22-10-16-19-14-3-1-2-4-15(14)23-16/h1-8H,10-11H2. The van der Waals surface area contributed by atoms with Crippen molar-refractivity contribution in [1.82, 2.24) is 4.98 Å². The van der Waals surface area contributed by atoms with Crippen molar-refractivity contribution in [2.75, 3.05) is 6.61 Å². The summed E-state index contributed by atoms with van der Waals surface area (Å²) in [5.41, 5.74) is 1.44. The Kier molecular flexibility index (Phi) is 4.50. The summed E-state index contributed by atoms with van der Waals surface area (Å²) >= 11 is 1.50. The normalized spacial score (nSPS) is 10.2. The number of benzene rings is 2. The Morgan fingerprint density at radius 3 is 2.70 bits per heavy atom. The molecule has 0 saturated heterocycles. The zero-order chi connectivity index (χ0) is 16.1. The van der Waals surface area contributed by atoms with Gasteiger partial charge in [-0.15, -0.1) is 11.3 Å². The number of hydrogen-bond acceptors (Lipinski definition) is 6. The molecule has 1 aromatic heterocycles. The lowest BCUT2D eigenvalue weighted by molar-refractivity contribution is -0.147. The van der Waals surface area contributed by atoms with Crippen LogP contribution in [-0.4, -0.2) is 17.6 Å². The molecular weight excluding hydrogens is 312 g/mol. The number of nitrogens with zero attached hydrogens (tertiary/aromatic N) is 2. The third-order valence-electron chi connectivity index (χ3n) is 3.03. The number of thiazole rings is 1. The number of esters is 1. The van der Waals surface area contributed by atoms with Gasteiger partial charge in [0.2, 0.25) is 0 Å². The van der Waals surface area contributed by atoms with Crippen LogP contribution >= 0.6 is 11.3 Å². The molecule has 5 nitrogen and oxygen atoms in total. The second kappa shape index (κ2) is 6.90. The highest BCUT2D eigenvalue weighted by molar-refractivity contribution is 7.18. The van der Waals surface area contributed by atoms with Gasteiger partial charge in [0.1, 0.15) is 17.4 Å². The Balaban J connectivity index is 1.50. The first kappa shape index (κ1) is 15.0. The van der Waals surface area contributed by atoms with E-state index in [4.69, 9.17) is 14.7 Å². The predicted molar refractivity (Wildman–Crippen MR) is 86.1 cm³/mol. The highest BCUT2D eigenvalue weighted by Gasteiger charge is 2.08. The van der Waals surface area contributed by atoms with E-state index < -0.39 is 5.97 Å². The van der Waals surface area contributed by atoms with Crippen molar-refractivity contribution in [3.05, 3.63) is 59.1 Å². The summed E-state index contributed by atoms with van der Waals surface area (Å²) in [5, 5.41) is 9.46. The summed E-state index contributed by atoms with van der Waals surface area (Å²) in [4.78, 5) is 16.1. The van der Waals surface area contributed by atoms with Crippen molar-refractivity contribution in [2.24, 2.45) is 0 Å². The lowest BCUT2D eigenvalue weighted by Gasteiger charge is -2.05. The van der Waals surface area contributed by atoms with E-state index in [0.29, 0.717) is 11.3 Å². The highest BCUT2D eigenvalue weighted by Crippen LogP contribution is 2.22. The molecule has 0 amide bonds. The van der Waals surface area contributed by atoms with Gasteiger partial charge in [0.25, 0.3) is 0 Å². The molecule has 0 radical (unpaired) electrons. The molecule has 0 aliphatic heterocycles. The van der Waals surface area contributed by atoms with E-state index in [1.807, 2.05) is 30.3 Å². The van der Waals surface area contributed by atoms with Gasteiger partial charge in [-0.2, -0.15) is 5.26 Å². The summed E-state index contributed by atoms with van der Waals surface area (Å²) < 4.78 is 11.5. The summed E-state index contributed by atoms with van der Waals surface area (Å²) in [6.45, 7) is -0.0499. The molecule has 1 heterocycles. The molecule has 0 aliphatic carbocycles. The molecule has 2 aromatic carbocycles. The Labute approximate surface area is 136 Å². The van der Waals surface area contributed by atoms with Crippen LogP contribution in [0, 0.1) is 11.3 Å². The third-order valence-corrected chi connectivity index (χ3v) is 4.04. The van der Waals surface area contributed by atoms with E-state index in [1.54, 1.807) is 24.3 Å². The van der Waals surface area contributed by atoms with Gasteiger partial charge in [0, 0.05) is 0 Å². The molecule has 3 rings (SSSR count). The van der Waals surface area contributed by atoms with Crippen LogP contribution in [0.15, 0.2) is 48.5 Å². The Morgan fingerprint density at radius 1 is 1.17 bits per heavy atom. The fourth-order valence-electron chi connectivity index (χ4n) is 1.93. The van der Waals surface area contributed by atoms with Crippen molar-refractivity contribution >= 4 is 27.5 Å². The number of fused-ring (bicyclic) bond motifs is 1. The first-order valence-corrected chi connectivity index (χ1v) is 7.69. The van der Waals surface area contributed by atoms with E-state index in [-0.39, 0.29) is 13.2 Å². The van der Waals surface area contributed by atoms with Gasteiger partial charge in [-0.1, -0.05) is 12.1 Å². The maximum atomic E-state index is 11.7. The smallest absolute Gasteiger partial charge is 0.344 e. The van der Waals surface area contributed by atoms with E-state index in [2.05, 4.69) is 4.98 Å². The minimum Gasteiger partial charge on any atom is -0.482 e. The second-order valence-corrected chi connectivity index (χ2v) is 5.78. The monoisotopic (exact) mass is 324 g/mol. The number of hydrogen-bond donors (Lipinski definition) is 0. The van der Waals surface area contributed by atoms with E-state index in [0.717, 1.165) is 15.2 Å². The molecule has 0 N–H and O–H groups in total. The fourth-order valence-corrected chi connectivity index (χ4v) is 2.81. The van der Waals surface area contributed by atoms with Crippen LogP contribution in [0.4, 0.5) is 0 Å². The molecule has 114 valence electrons. The van der Waals surface area contributed by atoms with Crippen LogP contribution < -0.4 is 4.74 Å². The largest absolute Gasteiger partial charge is 0.482 e. The number of carbonyl (C=O) groups excluding carboxylic acids is 1. The zero-order valence-electron chi connectivity index (χ0n) is 12.1. The number of ether oxygens (including phenoxy) is 2. The number of para-hydroxylation sites is 1. The number of carbonyl (C=O) groups is 1. The van der Waals surface area contributed by atoms with Crippen molar-refractivity contribution in [2.45, 2.75) is 6.61 Å². The van der Waals surface area contributed by atoms with Crippen molar-refractivity contribution < 1.29 is 14.3 Å². The van der Waals surface area contributed by atoms with Crippen LogP contribution in [-0.2, 0) is 16.1 Å². The minimum atomic E-state index is -0.464. The Hall–Kier alpha value is -2.91. The molecule has 0 bridgehead atoms. The average Bonchev–Trinajstić information content (AvgIpc) is 3.01. The number of nitriles is 1.